The Kier molecular flexibility index (Phi) is 5.89. The maximum absolute atomic E-state index is 13.0. The second-order valence-electron chi connectivity index (χ2n) is 7.26. The molecule has 1 aromatic heterocycles. The van der Waals surface area contributed by atoms with Crippen molar-refractivity contribution in [2.75, 3.05) is 11.9 Å². The smallest absolute Gasteiger partial charge is 0.274 e. The van der Waals surface area contributed by atoms with Gasteiger partial charge in [0.05, 0.1) is 0 Å². The summed E-state index contributed by atoms with van der Waals surface area (Å²) < 4.78 is 0. The highest BCUT2D eigenvalue weighted by molar-refractivity contribution is 6.05. The van der Waals surface area contributed by atoms with E-state index in [9.17, 15) is 9.59 Å². The summed E-state index contributed by atoms with van der Waals surface area (Å²) in [6.07, 6.45) is 5.75. The van der Waals surface area contributed by atoms with Crippen molar-refractivity contribution in [3.63, 3.8) is 0 Å². The molecule has 2 aromatic rings. The summed E-state index contributed by atoms with van der Waals surface area (Å²) in [5.74, 6) is -0.311. The third-order valence-corrected chi connectivity index (χ3v) is 5.24. The van der Waals surface area contributed by atoms with Crippen LogP contribution in [0.15, 0.2) is 36.5 Å². The van der Waals surface area contributed by atoms with Crippen LogP contribution in [0.3, 0.4) is 0 Å². The highest BCUT2D eigenvalue weighted by Crippen LogP contribution is 2.22. The van der Waals surface area contributed by atoms with E-state index in [0.717, 1.165) is 42.6 Å². The van der Waals surface area contributed by atoms with Gasteiger partial charge in [0.15, 0.2) is 0 Å². The van der Waals surface area contributed by atoms with E-state index in [2.05, 4.69) is 17.2 Å². The first-order valence-corrected chi connectivity index (χ1v) is 9.65. The van der Waals surface area contributed by atoms with Crippen molar-refractivity contribution in [3.05, 3.63) is 58.9 Å². The van der Waals surface area contributed by atoms with Crippen molar-refractivity contribution >= 4 is 17.5 Å². The summed E-state index contributed by atoms with van der Waals surface area (Å²) in [4.78, 5) is 31.7. The molecule has 1 fully saturated rings. The number of hydrogen-bond donors (Lipinski definition) is 1. The number of hydrogen-bond acceptors (Lipinski definition) is 3. The first kappa shape index (κ1) is 19.1. The normalized spacial score (nSPS) is 16.9. The maximum Gasteiger partial charge on any atom is 0.274 e. The quantitative estimate of drug-likeness (QED) is 0.876. The molecule has 1 atom stereocenters. The van der Waals surface area contributed by atoms with Gasteiger partial charge in [-0.1, -0.05) is 19.1 Å². The molecule has 1 aliphatic heterocycles. The third-order valence-electron chi connectivity index (χ3n) is 5.24. The second kappa shape index (κ2) is 8.33. The summed E-state index contributed by atoms with van der Waals surface area (Å²) >= 11 is 0. The molecule has 0 radical (unpaired) electrons. The monoisotopic (exact) mass is 365 g/mol. The van der Waals surface area contributed by atoms with Crippen LogP contribution in [-0.4, -0.2) is 34.3 Å². The molecule has 2 amide bonds. The molecule has 142 valence electrons. The number of amides is 2. The highest BCUT2D eigenvalue weighted by Gasteiger charge is 2.26. The predicted molar refractivity (Wildman–Crippen MR) is 107 cm³/mol. The SMILES string of the molecule is CCC1CCCCN1C(=O)c1ccnc(C(=O)Nc2cc(C)ccc2C)c1. The second-order valence-corrected chi connectivity index (χ2v) is 7.26. The predicted octanol–water partition coefficient (Wildman–Crippen LogP) is 4.36. The summed E-state index contributed by atoms with van der Waals surface area (Å²) in [6.45, 7) is 6.83. The van der Waals surface area contributed by atoms with Crippen LogP contribution < -0.4 is 5.32 Å². The van der Waals surface area contributed by atoms with Crippen molar-refractivity contribution in [1.82, 2.24) is 9.88 Å². The van der Waals surface area contributed by atoms with Crippen molar-refractivity contribution in [3.8, 4) is 0 Å². The van der Waals surface area contributed by atoms with Gasteiger partial charge in [-0.25, -0.2) is 0 Å². The largest absolute Gasteiger partial charge is 0.336 e. The van der Waals surface area contributed by atoms with Gasteiger partial charge in [-0.3, -0.25) is 14.6 Å². The molecule has 1 N–H and O–H groups in total. The number of nitrogens with zero attached hydrogens (tertiary/aromatic N) is 2. The molecule has 3 rings (SSSR count). The van der Waals surface area contributed by atoms with Gasteiger partial charge in [0.25, 0.3) is 11.8 Å². The van der Waals surface area contributed by atoms with Gasteiger partial charge in [-0.2, -0.15) is 0 Å². The van der Waals surface area contributed by atoms with E-state index in [-0.39, 0.29) is 23.6 Å². The molecule has 0 aliphatic carbocycles. The lowest BCUT2D eigenvalue weighted by Gasteiger charge is -2.35. The zero-order chi connectivity index (χ0) is 19.4. The number of nitrogens with one attached hydrogen (secondary N) is 1. The van der Waals surface area contributed by atoms with Crippen molar-refractivity contribution in [2.45, 2.75) is 52.5 Å². The molecule has 1 saturated heterocycles. The number of carbonyl (C=O) groups is 2. The van der Waals surface area contributed by atoms with Crippen LogP contribution in [0.1, 0.15) is 64.6 Å². The molecule has 1 unspecified atom stereocenters. The Morgan fingerprint density at radius 2 is 2.00 bits per heavy atom. The van der Waals surface area contributed by atoms with E-state index in [1.807, 2.05) is 36.9 Å². The molecule has 27 heavy (non-hydrogen) atoms. The number of pyridine rings is 1. The Labute approximate surface area is 160 Å². The van der Waals surface area contributed by atoms with Gasteiger partial charge in [0, 0.05) is 30.0 Å². The van der Waals surface area contributed by atoms with Crippen LogP contribution in [0.25, 0.3) is 0 Å². The molecular formula is C22H27N3O2. The lowest BCUT2D eigenvalue weighted by atomic mass is 9.99. The van der Waals surface area contributed by atoms with Crippen LogP contribution >= 0.6 is 0 Å². The number of anilines is 1. The summed E-state index contributed by atoms with van der Waals surface area (Å²) in [5.41, 5.74) is 3.60. The van der Waals surface area contributed by atoms with E-state index >= 15 is 0 Å². The van der Waals surface area contributed by atoms with E-state index in [0.29, 0.717) is 5.56 Å². The molecule has 0 saturated carbocycles. The number of benzene rings is 1. The minimum absolute atomic E-state index is 0.00950. The van der Waals surface area contributed by atoms with E-state index in [4.69, 9.17) is 0 Å². The fraction of sp³-hybridized carbons (Fsp3) is 0.409. The lowest BCUT2D eigenvalue weighted by Crippen LogP contribution is -2.43. The van der Waals surface area contributed by atoms with Gasteiger partial charge in [-0.05, 0) is 68.9 Å². The summed E-state index contributed by atoms with van der Waals surface area (Å²) in [6, 6.07) is 9.49. The number of aryl methyl sites for hydroxylation is 2. The zero-order valence-electron chi connectivity index (χ0n) is 16.3. The third kappa shape index (κ3) is 4.35. The summed E-state index contributed by atoms with van der Waals surface area (Å²) in [7, 11) is 0. The van der Waals surface area contributed by atoms with Crippen LogP contribution in [0.5, 0.6) is 0 Å². The van der Waals surface area contributed by atoms with Gasteiger partial charge in [0.2, 0.25) is 0 Å². The molecule has 1 aliphatic rings. The minimum atomic E-state index is -0.302. The van der Waals surface area contributed by atoms with Crippen LogP contribution in [0.2, 0.25) is 0 Å². The van der Waals surface area contributed by atoms with Gasteiger partial charge < -0.3 is 10.2 Å². The van der Waals surface area contributed by atoms with Gasteiger partial charge in [0.1, 0.15) is 5.69 Å². The molecule has 0 bridgehead atoms. The average Bonchev–Trinajstić information content (AvgIpc) is 2.70. The molecule has 5 nitrogen and oxygen atoms in total. The first-order chi connectivity index (χ1) is 13.0. The van der Waals surface area contributed by atoms with Crippen LogP contribution in [0.4, 0.5) is 5.69 Å². The molecule has 2 heterocycles. The average molecular weight is 365 g/mol. The van der Waals surface area contributed by atoms with Crippen LogP contribution in [0, 0.1) is 13.8 Å². The number of carbonyl (C=O) groups excluding carboxylic acids is 2. The van der Waals surface area contributed by atoms with E-state index in [1.54, 1.807) is 12.1 Å². The van der Waals surface area contributed by atoms with Crippen LogP contribution in [-0.2, 0) is 0 Å². The van der Waals surface area contributed by atoms with Crippen molar-refractivity contribution in [2.24, 2.45) is 0 Å². The Balaban J connectivity index is 1.79. The van der Waals surface area contributed by atoms with Crippen molar-refractivity contribution in [1.29, 1.82) is 0 Å². The first-order valence-electron chi connectivity index (χ1n) is 9.65. The number of likely N-dealkylation sites (tertiary alicyclic amines) is 1. The summed E-state index contributed by atoms with van der Waals surface area (Å²) in [5, 5.41) is 2.91. The fourth-order valence-electron chi connectivity index (χ4n) is 3.60. The number of piperidine rings is 1. The Hall–Kier alpha value is -2.69. The Morgan fingerprint density at radius 1 is 1.19 bits per heavy atom. The number of aromatic nitrogens is 1. The molecule has 1 aromatic carbocycles. The lowest BCUT2D eigenvalue weighted by molar-refractivity contribution is 0.0608. The van der Waals surface area contributed by atoms with E-state index in [1.165, 1.54) is 12.6 Å². The molecule has 5 heteroatoms. The van der Waals surface area contributed by atoms with Gasteiger partial charge >= 0.3 is 0 Å². The highest BCUT2D eigenvalue weighted by atomic mass is 16.2. The fourth-order valence-corrected chi connectivity index (χ4v) is 3.60. The molecule has 0 spiro atoms. The maximum atomic E-state index is 13.0. The van der Waals surface area contributed by atoms with Gasteiger partial charge in [-0.15, -0.1) is 0 Å². The standard InChI is InChI=1S/C22H27N3O2/c1-4-18-7-5-6-12-25(18)22(27)17-10-11-23-20(14-17)21(26)24-19-13-15(2)8-9-16(19)3/h8-11,13-14,18H,4-7,12H2,1-3H3,(H,24,26). The Bertz CT molecular complexity index is 847. The Morgan fingerprint density at radius 3 is 2.78 bits per heavy atom. The number of rotatable bonds is 4. The topological polar surface area (TPSA) is 62.3 Å². The molecular weight excluding hydrogens is 338 g/mol. The van der Waals surface area contributed by atoms with E-state index < -0.39 is 0 Å². The minimum Gasteiger partial charge on any atom is -0.336 e. The van der Waals surface area contributed by atoms with Crippen molar-refractivity contribution < 1.29 is 9.59 Å². The zero-order valence-corrected chi connectivity index (χ0v) is 16.3.